The van der Waals surface area contributed by atoms with Crippen molar-refractivity contribution in [3.05, 3.63) is 64.7 Å². The van der Waals surface area contributed by atoms with Crippen LogP contribution >= 0.6 is 11.6 Å². The van der Waals surface area contributed by atoms with E-state index in [-0.39, 0.29) is 10.9 Å². The highest BCUT2D eigenvalue weighted by Crippen LogP contribution is 2.22. The molecule has 3 nitrogen and oxygen atoms in total. The first-order valence-electron chi connectivity index (χ1n) is 6.77. The van der Waals surface area contributed by atoms with Crippen LogP contribution in [0.3, 0.4) is 0 Å². The number of hydrogen-bond donors (Lipinski definition) is 1. The number of nitrogens with one attached hydrogen (secondary N) is 1. The van der Waals surface area contributed by atoms with Crippen LogP contribution in [0.1, 0.15) is 30.5 Å². The SMILES string of the molecule is CCC(NS(=O)(=O)c1ccc(C)cc1)c1ccc(Cl)cc1. The molecule has 0 aliphatic carbocycles. The minimum Gasteiger partial charge on any atom is -0.207 e. The van der Waals surface area contributed by atoms with E-state index in [0.717, 1.165) is 11.1 Å². The molecule has 2 aromatic rings. The number of hydrogen-bond acceptors (Lipinski definition) is 2. The van der Waals surface area contributed by atoms with E-state index >= 15 is 0 Å². The number of benzene rings is 2. The van der Waals surface area contributed by atoms with Gasteiger partial charge in [0.2, 0.25) is 10.0 Å². The summed E-state index contributed by atoms with van der Waals surface area (Å²) >= 11 is 5.86. The van der Waals surface area contributed by atoms with Gasteiger partial charge in [-0.1, -0.05) is 48.4 Å². The minimum atomic E-state index is -3.53. The molecule has 0 aliphatic heterocycles. The van der Waals surface area contributed by atoms with Gasteiger partial charge in [-0.25, -0.2) is 13.1 Å². The number of halogens is 1. The zero-order valence-electron chi connectivity index (χ0n) is 12.0. The summed E-state index contributed by atoms with van der Waals surface area (Å²) in [4.78, 5) is 0.278. The number of sulfonamides is 1. The normalized spacial score (nSPS) is 13.1. The van der Waals surface area contributed by atoms with Crippen LogP contribution in [0.4, 0.5) is 0 Å². The molecule has 21 heavy (non-hydrogen) atoms. The van der Waals surface area contributed by atoms with E-state index < -0.39 is 10.0 Å². The summed E-state index contributed by atoms with van der Waals surface area (Å²) in [6.45, 7) is 3.86. The minimum absolute atomic E-state index is 0.270. The molecule has 1 N–H and O–H groups in total. The smallest absolute Gasteiger partial charge is 0.207 e. The molecule has 5 heteroatoms. The molecule has 2 rings (SSSR count). The second kappa shape index (κ2) is 6.60. The van der Waals surface area contributed by atoms with E-state index in [4.69, 9.17) is 11.6 Å². The van der Waals surface area contributed by atoms with Crippen LogP contribution in [0.15, 0.2) is 53.4 Å². The molecule has 0 amide bonds. The van der Waals surface area contributed by atoms with Gasteiger partial charge in [-0.15, -0.1) is 0 Å². The molecular formula is C16H18ClNO2S. The van der Waals surface area contributed by atoms with Gasteiger partial charge in [-0.05, 0) is 43.2 Å². The standard InChI is InChI=1S/C16H18ClNO2S/c1-3-16(13-6-8-14(17)9-7-13)18-21(19,20)15-10-4-12(2)5-11-15/h4-11,16,18H,3H2,1-2H3. The molecule has 0 aliphatic rings. The van der Waals surface area contributed by atoms with Gasteiger partial charge in [-0.2, -0.15) is 0 Å². The molecule has 0 fully saturated rings. The summed E-state index contributed by atoms with van der Waals surface area (Å²) in [5.41, 5.74) is 1.93. The average Bonchev–Trinajstić information content (AvgIpc) is 2.46. The predicted octanol–water partition coefficient (Wildman–Crippen LogP) is 4.08. The van der Waals surface area contributed by atoms with Crippen LogP contribution in [0.2, 0.25) is 5.02 Å². The van der Waals surface area contributed by atoms with E-state index in [1.165, 1.54) is 0 Å². The second-order valence-corrected chi connectivity index (χ2v) is 7.10. The Morgan fingerprint density at radius 1 is 1.05 bits per heavy atom. The summed E-state index contributed by atoms with van der Waals surface area (Å²) in [6, 6.07) is 13.8. The van der Waals surface area contributed by atoms with Crippen molar-refractivity contribution in [2.24, 2.45) is 0 Å². The lowest BCUT2D eigenvalue weighted by atomic mass is 10.1. The lowest BCUT2D eigenvalue weighted by Crippen LogP contribution is -2.28. The molecule has 0 saturated carbocycles. The van der Waals surface area contributed by atoms with Crippen molar-refractivity contribution in [1.82, 2.24) is 4.72 Å². The Balaban J connectivity index is 2.24. The van der Waals surface area contributed by atoms with E-state index in [1.54, 1.807) is 36.4 Å². The Hall–Kier alpha value is -1.36. The van der Waals surface area contributed by atoms with Gasteiger partial charge < -0.3 is 0 Å². The molecule has 1 unspecified atom stereocenters. The average molecular weight is 324 g/mol. The van der Waals surface area contributed by atoms with Crippen LogP contribution < -0.4 is 4.72 Å². The van der Waals surface area contributed by atoms with Crippen LogP contribution in [-0.2, 0) is 10.0 Å². The zero-order chi connectivity index (χ0) is 15.5. The predicted molar refractivity (Wildman–Crippen MR) is 86.0 cm³/mol. The van der Waals surface area contributed by atoms with Gasteiger partial charge in [0.15, 0.2) is 0 Å². The lowest BCUT2D eigenvalue weighted by molar-refractivity contribution is 0.550. The van der Waals surface area contributed by atoms with Crippen molar-refractivity contribution in [2.75, 3.05) is 0 Å². The Bertz CT molecular complexity index is 694. The Kier molecular flexibility index (Phi) is 5.04. The van der Waals surface area contributed by atoms with Gasteiger partial charge in [0, 0.05) is 11.1 Å². The quantitative estimate of drug-likeness (QED) is 0.901. The lowest BCUT2D eigenvalue weighted by Gasteiger charge is -2.17. The number of aryl methyl sites for hydroxylation is 1. The first-order chi connectivity index (χ1) is 9.92. The summed E-state index contributed by atoms with van der Waals surface area (Å²) in [6.07, 6.45) is 0.659. The molecule has 0 bridgehead atoms. The van der Waals surface area contributed by atoms with E-state index in [9.17, 15) is 8.42 Å². The Morgan fingerprint density at radius 2 is 1.62 bits per heavy atom. The summed E-state index contributed by atoms with van der Waals surface area (Å²) < 4.78 is 27.6. The van der Waals surface area contributed by atoms with Gasteiger partial charge in [0.1, 0.15) is 0 Å². The molecule has 112 valence electrons. The maximum atomic E-state index is 12.4. The Labute approximate surface area is 131 Å². The monoisotopic (exact) mass is 323 g/mol. The maximum absolute atomic E-state index is 12.4. The van der Waals surface area contributed by atoms with Gasteiger partial charge in [-0.3, -0.25) is 0 Å². The van der Waals surface area contributed by atoms with Gasteiger partial charge in [0.05, 0.1) is 4.90 Å². The van der Waals surface area contributed by atoms with Gasteiger partial charge >= 0.3 is 0 Å². The van der Waals surface area contributed by atoms with E-state index in [2.05, 4.69) is 4.72 Å². The van der Waals surface area contributed by atoms with E-state index in [1.807, 2.05) is 26.0 Å². The highest BCUT2D eigenvalue weighted by Gasteiger charge is 2.20. The van der Waals surface area contributed by atoms with Crippen molar-refractivity contribution in [3.63, 3.8) is 0 Å². The van der Waals surface area contributed by atoms with E-state index in [0.29, 0.717) is 11.4 Å². The fourth-order valence-electron chi connectivity index (χ4n) is 2.05. The number of rotatable bonds is 5. The fourth-order valence-corrected chi connectivity index (χ4v) is 3.49. The highest BCUT2D eigenvalue weighted by molar-refractivity contribution is 7.89. The first-order valence-corrected chi connectivity index (χ1v) is 8.63. The molecule has 0 spiro atoms. The topological polar surface area (TPSA) is 46.2 Å². The third kappa shape index (κ3) is 4.06. The van der Waals surface area contributed by atoms with Crippen molar-refractivity contribution in [2.45, 2.75) is 31.2 Å². The fraction of sp³-hybridized carbons (Fsp3) is 0.250. The highest BCUT2D eigenvalue weighted by atomic mass is 35.5. The molecule has 0 saturated heterocycles. The maximum Gasteiger partial charge on any atom is 0.241 e. The second-order valence-electron chi connectivity index (χ2n) is 4.95. The summed E-state index contributed by atoms with van der Waals surface area (Å²) in [5.74, 6) is 0. The van der Waals surface area contributed by atoms with Crippen molar-refractivity contribution in [3.8, 4) is 0 Å². The molecule has 0 aromatic heterocycles. The third-order valence-electron chi connectivity index (χ3n) is 3.31. The van der Waals surface area contributed by atoms with Crippen LogP contribution in [0, 0.1) is 6.92 Å². The van der Waals surface area contributed by atoms with Crippen LogP contribution in [-0.4, -0.2) is 8.42 Å². The van der Waals surface area contributed by atoms with Crippen LogP contribution in [0.5, 0.6) is 0 Å². The molecule has 2 aromatic carbocycles. The van der Waals surface area contributed by atoms with Crippen LogP contribution in [0.25, 0.3) is 0 Å². The Morgan fingerprint density at radius 3 is 2.14 bits per heavy atom. The third-order valence-corrected chi connectivity index (χ3v) is 5.05. The largest absolute Gasteiger partial charge is 0.241 e. The zero-order valence-corrected chi connectivity index (χ0v) is 13.6. The molecule has 0 radical (unpaired) electrons. The summed E-state index contributed by atoms with van der Waals surface area (Å²) in [7, 11) is -3.53. The molecule has 0 heterocycles. The summed E-state index contributed by atoms with van der Waals surface area (Å²) in [5, 5.41) is 0.634. The van der Waals surface area contributed by atoms with Gasteiger partial charge in [0.25, 0.3) is 0 Å². The van der Waals surface area contributed by atoms with Crippen molar-refractivity contribution < 1.29 is 8.42 Å². The van der Waals surface area contributed by atoms with Crippen molar-refractivity contribution in [1.29, 1.82) is 0 Å². The van der Waals surface area contributed by atoms with Crippen molar-refractivity contribution >= 4 is 21.6 Å². The molecular weight excluding hydrogens is 306 g/mol. The first kappa shape index (κ1) is 16.0. The molecule has 1 atom stereocenters.